The summed E-state index contributed by atoms with van der Waals surface area (Å²) in [5.74, 6) is -0.725. The van der Waals surface area contributed by atoms with E-state index in [1.165, 1.54) is 11.4 Å². The average Bonchev–Trinajstić information content (AvgIpc) is 2.84. The Hall–Kier alpha value is -2.91. The second-order valence-electron chi connectivity index (χ2n) is 8.55. The molecule has 0 saturated carbocycles. The molecule has 34 heavy (non-hydrogen) atoms. The third-order valence-corrected chi connectivity index (χ3v) is 7.78. The Kier molecular flexibility index (Phi) is 8.33. The molecule has 0 radical (unpaired) electrons. The lowest BCUT2D eigenvalue weighted by Gasteiger charge is -2.31. The lowest BCUT2D eigenvalue weighted by atomic mass is 9.98. The van der Waals surface area contributed by atoms with Gasteiger partial charge in [0, 0.05) is 18.8 Å². The van der Waals surface area contributed by atoms with Crippen molar-refractivity contribution < 1.29 is 27.5 Å². The van der Waals surface area contributed by atoms with Gasteiger partial charge in [0.1, 0.15) is 10.6 Å². The number of hydrogen-bond donors (Lipinski definition) is 1. The first kappa shape index (κ1) is 25.7. The van der Waals surface area contributed by atoms with Crippen molar-refractivity contribution in [1.82, 2.24) is 4.31 Å². The van der Waals surface area contributed by atoms with Crippen molar-refractivity contribution in [3.8, 4) is 5.75 Å². The molecule has 1 aliphatic rings. The van der Waals surface area contributed by atoms with E-state index in [1.807, 2.05) is 19.9 Å². The number of sulfonamides is 1. The van der Waals surface area contributed by atoms with Crippen LogP contribution in [0.1, 0.15) is 55.5 Å². The Labute approximate surface area is 201 Å². The summed E-state index contributed by atoms with van der Waals surface area (Å²) in [5, 5.41) is 2.83. The summed E-state index contributed by atoms with van der Waals surface area (Å²) < 4.78 is 38.7. The van der Waals surface area contributed by atoms with Crippen LogP contribution in [0.3, 0.4) is 0 Å². The number of esters is 1. The van der Waals surface area contributed by atoms with E-state index in [9.17, 15) is 18.0 Å². The molecule has 1 amide bonds. The van der Waals surface area contributed by atoms with Crippen molar-refractivity contribution in [2.45, 2.75) is 44.4 Å². The smallest absolute Gasteiger partial charge is 0.338 e. The Morgan fingerprint density at radius 2 is 1.85 bits per heavy atom. The van der Waals surface area contributed by atoms with Crippen LogP contribution in [0.25, 0.3) is 0 Å². The molecule has 8 nitrogen and oxygen atoms in total. The number of amides is 1. The predicted molar refractivity (Wildman–Crippen MR) is 130 cm³/mol. The highest BCUT2D eigenvalue weighted by atomic mass is 32.2. The number of nitrogens with one attached hydrogen (secondary N) is 1. The van der Waals surface area contributed by atoms with E-state index >= 15 is 0 Å². The number of nitrogens with zero attached hydrogens (tertiary/aromatic N) is 1. The molecule has 0 bridgehead atoms. The monoisotopic (exact) mass is 488 g/mol. The molecule has 3 rings (SSSR count). The Bertz CT molecular complexity index is 1130. The zero-order chi connectivity index (χ0) is 24.9. The highest BCUT2D eigenvalue weighted by Gasteiger charge is 2.35. The number of carbonyl (C=O) groups is 2. The molecule has 2 aromatic carbocycles. The van der Waals surface area contributed by atoms with Gasteiger partial charge in [0.25, 0.3) is 0 Å². The normalized spacial score (nSPS) is 16.8. The Balaban J connectivity index is 1.74. The van der Waals surface area contributed by atoms with Crippen LogP contribution in [0.4, 0.5) is 5.69 Å². The van der Waals surface area contributed by atoms with Gasteiger partial charge in [-0.1, -0.05) is 19.9 Å². The van der Waals surface area contributed by atoms with Crippen molar-refractivity contribution in [3.05, 3.63) is 53.6 Å². The average molecular weight is 489 g/mol. The minimum Gasteiger partial charge on any atom is -0.495 e. The van der Waals surface area contributed by atoms with Gasteiger partial charge in [0.05, 0.1) is 25.2 Å². The number of ether oxygens (including phenoxy) is 2. The van der Waals surface area contributed by atoms with Crippen LogP contribution < -0.4 is 10.1 Å². The van der Waals surface area contributed by atoms with E-state index in [1.54, 1.807) is 43.3 Å². The van der Waals surface area contributed by atoms with E-state index in [0.717, 1.165) is 5.56 Å². The highest BCUT2D eigenvalue weighted by Crippen LogP contribution is 2.32. The van der Waals surface area contributed by atoms with E-state index in [2.05, 4.69) is 5.32 Å². The molecule has 1 saturated heterocycles. The number of carbonyl (C=O) groups excluding carboxylic acids is 2. The molecule has 2 aromatic rings. The maximum Gasteiger partial charge on any atom is 0.338 e. The number of piperidine rings is 1. The lowest BCUT2D eigenvalue weighted by Crippen LogP contribution is -2.43. The summed E-state index contributed by atoms with van der Waals surface area (Å²) >= 11 is 0. The fourth-order valence-electron chi connectivity index (χ4n) is 3.92. The van der Waals surface area contributed by atoms with Crippen LogP contribution >= 0.6 is 0 Å². The predicted octanol–water partition coefficient (Wildman–Crippen LogP) is 4.03. The molecule has 9 heteroatoms. The molecule has 1 fully saturated rings. The molecule has 0 aliphatic carbocycles. The van der Waals surface area contributed by atoms with E-state index < -0.39 is 21.9 Å². The van der Waals surface area contributed by atoms with Crippen LogP contribution in [0.15, 0.2) is 47.4 Å². The zero-order valence-corrected chi connectivity index (χ0v) is 20.9. The van der Waals surface area contributed by atoms with Crippen molar-refractivity contribution in [2.24, 2.45) is 5.92 Å². The molecular weight excluding hydrogens is 456 g/mol. The number of anilines is 1. The number of rotatable bonds is 8. The molecule has 184 valence electrons. The fraction of sp³-hybridized carbons (Fsp3) is 0.440. The Morgan fingerprint density at radius 1 is 1.15 bits per heavy atom. The number of methoxy groups -OCH3 is 1. The van der Waals surface area contributed by atoms with Crippen molar-refractivity contribution in [3.63, 3.8) is 0 Å². The first-order valence-corrected chi connectivity index (χ1v) is 12.9. The minimum absolute atomic E-state index is 0.0874. The summed E-state index contributed by atoms with van der Waals surface area (Å²) in [6.45, 7) is 6.44. The van der Waals surface area contributed by atoms with Gasteiger partial charge in [-0.25, -0.2) is 13.2 Å². The van der Waals surface area contributed by atoms with E-state index in [-0.39, 0.29) is 35.6 Å². The zero-order valence-electron chi connectivity index (χ0n) is 20.0. The van der Waals surface area contributed by atoms with E-state index in [4.69, 9.17) is 9.47 Å². The molecule has 0 aromatic heterocycles. The summed E-state index contributed by atoms with van der Waals surface area (Å²) in [5.41, 5.74) is 1.83. The third-order valence-electron chi connectivity index (χ3n) is 5.89. The fourth-order valence-corrected chi connectivity index (χ4v) is 5.63. The topological polar surface area (TPSA) is 102 Å². The van der Waals surface area contributed by atoms with Gasteiger partial charge in [0.2, 0.25) is 15.9 Å². The van der Waals surface area contributed by atoms with Crippen molar-refractivity contribution >= 4 is 27.6 Å². The van der Waals surface area contributed by atoms with Crippen LogP contribution in [-0.4, -0.2) is 51.4 Å². The molecule has 1 atom stereocenters. The number of hydrogen-bond acceptors (Lipinski definition) is 6. The first-order valence-electron chi connectivity index (χ1n) is 11.4. The van der Waals surface area contributed by atoms with Gasteiger partial charge in [-0.2, -0.15) is 4.31 Å². The molecule has 1 heterocycles. The third kappa shape index (κ3) is 5.77. The van der Waals surface area contributed by atoms with Gasteiger partial charge in [-0.05, 0) is 67.6 Å². The lowest BCUT2D eigenvalue weighted by molar-refractivity contribution is -0.120. The summed E-state index contributed by atoms with van der Waals surface area (Å²) in [4.78, 5) is 24.8. The van der Waals surface area contributed by atoms with Crippen LogP contribution in [0.5, 0.6) is 5.75 Å². The van der Waals surface area contributed by atoms with Crippen LogP contribution in [0, 0.1) is 5.92 Å². The van der Waals surface area contributed by atoms with E-state index in [0.29, 0.717) is 30.6 Å². The van der Waals surface area contributed by atoms with Gasteiger partial charge in [-0.15, -0.1) is 0 Å². The second kappa shape index (κ2) is 11.0. The molecule has 1 aliphatic heterocycles. The van der Waals surface area contributed by atoms with Gasteiger partial charge in [-0.3, -0.25) is 4.79 Å². The second-order valence-corrected chi connectivity index (χ2v) is 10.5. The van der Waals surface area contributed by atoms with Gasteiger partial charge >= 0.3 is 5.97 Å². The maximum absolute atomic E-state index is 13.5. The summed E-state index contributed by atoms with van der Waals surface area (Å²) in [6, 6.07) is 11.6. The summed E-state index contributed by atoms with van der Waals surface area (Å²) in [6.07, 6.45) is 1.16. The van der Waals surface area contributed by atoms with Gasteiger partial charge in [0.15, 0.2) is 0 Å². The molecule has 0 unspecified atom stereocenters. The molecule has 1 N–H and O–H groups in total. The largest absolute Gasteiger partial charge is 0.495 e. The highest BCUT2D eigenvalue weighted by molar-refractivity contribution is 7.89. The van der Waals surface area contributed by atoms with Crippen LogP contribution in [0.2, 0.25) is 0 Å². The van der Waals surface area contributed by atoms with Crippen LogP contribution in [-0.2, 0) is 19.6 Å². The number of benzene rings is 2. The molecule has 0 spiro atoms. The first-order chi connectivity index (χ1) is 16.2. The SMILES string of the molecule is CCOC(=O)c1ccc(NC(=O)[C@H]2CCCN(S(=O)(=O)c3cc(C(C)C)ccc3OC)C2)cc1. The van der Waals surface area contributed by atoms with Crippen molar-refractivity contribution in [2.75, 3.05) is 32.1 Å². The molecular formula is C25H32N2O6S. The Morgan fingerprint density at radius 3 is 2.47 bits per heavy atom. The van der Waals surface area contributed by atoms with Crippen molar-refractivity contribution in [1.29, 1.82) is 0 Å². The van der Waals surface area contributed by atoms with Gasteiger partial charge < -0.3 is 14.8 Å². The quantitative estimate of drug-likeness (QED) is 0.563. The standard InChI is InChI=1S/C25H32N2O6S/c1-5-33-25(29)18-8-11-21(12-9-18)26-24(28)20-7-6-14-27(16-20)34(30,31)23-15-19(17(2)3)10-13-22(23)32-4/h8-13,15,17,20H,5-7,14,16H2,1-4H3,(H,26,28)/t20-/m0/s1. The minimum atomic E-state index is -3.84. The maximum atomic E-state index is 13.5. The summed E-state index contributed by atoms with van der Waals surface area (Å²) in [7, 11) is -2.40.